The predicted molar refractivity (Wildman–Crippen MR) is 82.9 cm³/mol. The number of nitrogens with zero attached hydrogens (tertiary/aromatic N) is 3. The van der Waals surface area contributed by atoms with Crippen LogP contribution >= 0.6 is 0 Å². The summed E-state index contributed by atoms with van der Waals surface area (Å²) in [4.78, 5) is 24.4. The van der Waals surface area contributed by atoms with E-state index >= 15 is 0 Å². The van der Waals surface area contributed by atoms with Crippen LogP contribution in [0.15, 0.2) is 67.3 Å². The molecule has 0 saturated carbocycles. The van der Waals surface area contributed by atoms with Crippen LogP contribution < -0.4 is 5.32 Å². The number of carbonyl (C=O) groups is 1. The largest absolute Gasteiger partial charge is 0.346 e. The highest BCUT2D eigenvalue weighted by molar-refractivity contribution is 5.93. The minimum atomic E-state index is -0.173. The molecule has 0 aliphatic rings. The Morgan fingerprint density at radius 3 is 2.68 bits per heavy atom. The zero-order valence-corrected chi connectivity index (χ0v) is 11.8. The molecule has 1 N–H and O–H groups in total. The van der Waals surface area contributed by atoms with E-state index in [0.29, 0.717) is 12.1 Å². The van der Waals surface area contributed by atoms with Gasteiger partial charge in [-0.15, -0.1) is 0 Å². The summed E-state index contributed by atoms with van der Waals surface area (Å²) in [6.45, 7) is 0.343. The second-order valence-corrected chi connectivity index (χ2v) is 4.68. The van der Waals surface area contributed by atoms with Gasteiger partial charge in [0.2, 0.25) is 0 Å². The lowest BCUT2D eigenvalue weighted by atomic mass is 10.1. The number of benzene rings is 1. The Kier molecular flexibility index (Phi) is 4.15. The van der Waals surface area contributed by atoms with Crippen LogP contribution in [0.25, 0.3) is 11.3 Å². The van der Waals surface area contributed by atoms with Crippen molar-refractivity contribution in [3.63, 3.8) is 0 Å². The first-order valence-electron chi connectivity index (χ1n) is 6.87. The van der Waals surface area contributed by atoms with Gasteiger partial charge in [0.25, 0.3) is 5.91 Å². The highest BCUT2D eigenvalue weighted by atomic mass is 16.1. The van der Waals surface area contributed by atoms with Gasteiger partial charge >= 0.3 is 0 Å². The van der Waals surface area contributed by atoms with E-state index in [4.69, 9.17) is 0 Å². The van der Waals surface area contributed by atoms with Crippen molar-refractivity contribution >= 4 is 5.91 Å². The molecule has 0 aliphatic heterocycles. The molecule has 0 spiro atoms. The van der Waals surface area contributed by atoms with Crippen molar-refractivity contribution in [2.24, 2.45) is 0 Å². The van der Waals surface area contributed by atoms with Crippen molar-refractivity contribution in [3.8, 4) is 11.3 Å². The van der Waals surface area contributed by atoms with Crippen LogP contribution in [0, 0.1) is 0 Å². The molecule has 3 aromatic rings. The molecule has 108 valence electrons. The third-order valence-electron chi connectivity index (χ3n) is 3.15. The maximum Gasteiger partial charge on any atom is 0.253 e. The molecular weight excluding hydrogens is 276 g/mol. The summed E-state index contributed by atoms with van der Waals surface area (Å²) in [6.07, 6.45) is 4.67. The predicted octanol–water partition coefficient (Wildman–Crippen LogP) is 2.47. The number of pyridine rings is 1. The summed E-state index contributed by atoms with van der Waals surface area (Å²) in [5.74, 6) is -0.173. The van der Waals surface area contributed by atoms with E-state index in [1.807, 2.05) is 36.4 Å². The van der Waals surface area contributed by atoms with Gasteiger partial charge in [-0.3, -0.25) is 9.78 Å². The lowest BCUT2D eigenvalue weighted by Gasteiger charge is -2.06. The number of carbonyl (C=O) groups excluding carboxylic acids is 1. The first kappa shape index (κ1) is 13.9. The molecule has 1 aromatic carbocycles. The third kappa shape index (κ3) is 3.32. The second-order valence-electron chi connectivity index (χ2n) is 4.68. The maximum atomic E-state index is 12.0. The maximum absolute atomic E-state index is 12.0. The monoisotopic (exact) mass is 290 g/mol. The van der Waals surface area contributed by atoms with Crippen LogP contribution in [0.4, 0.5) is 0 Å². The van der Waals surface area contributed by atoms with Crippen LogP contribution in [0.1, 0.15) is 16.1 Å². The summed E-state index contributed by atoms with van der Waals surface area (Å²) < 4.78 is 0. The Morgan fingerprint density at radius 2 is 1.91 bits per heavy atom. The summed E-state index contributed by atoms with van der Waals surface area (Å²) in [5, 5.41) is 2.82. The van der Waals surface area contributed by atoms with Gasteiger partial charge in [0.1, 0.15) is 6.33 Å². The van der Waals surface area contributed by atoms with Crippen molar-refractivity contribution in [3.05, 3.63) is 78.5 Å². The van der Waals surface area contributed by atoms with Crippen molar-refractivity contribution in [2.45, 2.75) is 6.54 Å². The molecule has 0 saturated heterocycles. The third-order valence-corrected chi connectivity index (χ3v) is 3.15. The number of hydrogen-bond donors (Lipinski definition) is 1. The fourth-order valence-corrected chi connectivity index (χ4v) is 2.03. The topological polar surface area (TPSA) is 67.8 Å². The van der Waals surface area contributed by atoms with Crippen LogP contribution in [0.3, 0.4) is 0 Å². The van der Waals surface area contributed by atoms with Gasteiger partial charge < -0.3 is 5.32 Å². The summed E-state index contributed by atoms with van der Waals surface area (Å²) in [6, 6.07) is 15.2. The van der Waals surface area contributed by atoms with Gasteiger partial charge in [-0.05, 0) is 18.2 Å². The van der Waals surface area contributed by atoms with Crippen LogP contribution in [-0.2, 0) is 6.54 Å². The van der Waals surface area contributed by atoms with Gasteiger partial charge in [-0.2, -0.15) is 0 Å². The van der Waals surface area contributed by atoms with Crippen molar-refractivity contribution in [2.75, 3.05) is 0 Å². The molecule has 0 fully saturated rings. The molecule has 2 aromatic heterocycles. The van der Waals surface area contributed by atoms with Crippen LogP contribution in [-0.4, -0.2) is 20.9 Å². The summed E-state index contributed by atoms with van der Waals surface area (Å²) >= 11 is 0. The van der Waals surface area contributed by atoms with Gasteiger partial charge in [0, 0.05) is 18.0 Å². The first-order chi connectivity index (χ1) is 10.8. The SMILES string of the molecule is O=C(NCc1cc(-c2ccccc2)ncn1)c1cccnc1. The van der Waals surface area contributed by atoms with E-state index in [1.165, 1.54) is 12.5 Å². The van der Waals surface area contributed by atoms with Crippen molar-refractivity contribution < 1.29 is 4.79 Å². The average molecular weight is 290 g/mol. The van der Waals surface area contributed by atoms with E-state index in [9.17, 15) is 4.79 Å². The zero-order valence-electron chi connectivity index (χ0n) is 11.8. The number of nitrogens with one attached hydrogen (secondary N) is 1. The van der Waals surface area contributed by atoms with Crippen molar-refractivity contribution in [1.29, 1.82) is 0 Å². The Hall–Kier alpha value is -3.08. The van der Waals surface area contributed by atoms with Gasteiger partial charge in [-0.25, -0.2) is 9.97 Å². The van der Waals surface area contributed by atoms with Gasteiger partial charge in [0.05, 0.1) is 23.5 Å². The van der Waals surface area contributed by atoms with Gasteiger partial charge in [0.15, 0.2) is 0 Å². The average Bonchev–Trinajstić information content (AvgIpc) is 2.61. The first-order valence-corrected chi connectivity index (χ1v) is 6.87. The van der Waals surface area contributed by atoms with E-state index in [-0.39, 0.29) is 5.91 Å². The zero-order chi connectivity index (χ0) is 15.2. The standard InChI is InChI=1S/C17H14N4O/c22-17(14-7-4-8-18-10-14)19-11-15-9-16(21-12-20-15)13-5-2-1-3-6-13/h1-10,12H,11H2,(H,19,22). The number of aromatic nitrogens is 3. The van der Waals surface area contributed by atoms with Crippen LogP contribution in [0.5, 0.6) is 0 Å². The molecule has 1 amide bonds. The lowest BCUT2D eigenvalue weighted by molar-refractivity contribution is 0.0950. The van der Waals surface area contributed by atoms with E-state index in [0.717, 1.165) is 17.0 Å². The smallest absolute Gasteiger partial charge is 0.253 e. The number of amides is 1. The molecule has 0 atom stereocenters. The highest BCUT2D eigenvalue weighted by Gasteiger charge is 2.06. The molecule has 5 heteroatoms. The summed E-state index contributed by atoms with van der Waals surface area (Å²) in [5.41, 5.74) is 3.14. The molecule has 0 bridgehead atoms. The number of hydrogen-bond acceptors (Lipinski definition) is 4. The van der Waals surface area contributed by atoms with E-state index < -0.39 is 0 Å². The molecular formula is C17H14N4O. The van der Waals surface area contributed by atoms with E-state index in [1.54, 1.807) is 18.3 Å². The molecule has 2 heterocycles. The molecule has 0 radical (unpaired) electrons. The minimum absolute atomic E-state index is 0.173. The van der Waals surface area contributed by atoms with Crippen molar-refractivity contribution in [1.82, 2.24) is 20.3 Å². The Bertz CT molecular complexity index is 760. The summed E-state index contributed by atoms with van der Waals surface area (Å²) in [7, 11) is 0. The van der Waals surface area contributed by atoms with Crippen LogP contribution in [0.2, 0.25) is 0 Å². The Morgan fingerprint density at radius 1 is 1.05 bits per heavy atom. The fraction of sp³-hybridized carbons (Fsp3) is 0.0588. The normalized spacial score (nSPS) is 10.2. The second kappa shape index (κ2) is 6.58. The molecule has 3 rings (SSSR count). The molecule has 0 unspecified atom stereocenters. The highest BCUT2D eigenvalue weighted by Crippen LogP contribution is 2.16. The van der Waals surface area contributed by atoms with Gasteiger partial charge in [-0.1, -0.05) is 30.3 Å². The number of rotatable bonds is 4. The molecule has 0 aliphatic carbocycles. The minimum Gasteiger partial charge on any atom is -0.346 e. The van der Waals surface area contributed by atoms with E-state index in [2.05, 4.69) is 20.3 Å². The Balaban J connectivity index is 1.70. The fourth-order valence-electron chi connectivity index (χ4n) is 2.03. The Labute approximate surface area is 128 Å². The quantitative estimate of drug-likeness (QED) is 0.801. The molecule has 22 heavy (non-hydrogen) atoms. The lowest BCUT2D eigenvalue weighted by Crippen LogP contribution is -2.23. The molecule has 5 nitrogen and oxygen atoms in total.